The Morgan fingerprint density at radius 2 is 1.63 bits per heavy atom. The lowest BCUT2D eigenvalue weighted by Gasteiger charge is -2.06. The van der Waals surface area contributed by atoms with Gasteiger partial charge in [0.05, 0.1) is 11.3 Å². The number of anilines is 1. The molecule has 2 aromatic carbocycles. The van der Waals surface area contributed by atoms with Gasteiger partial charge in [0.25, 0.3) is 5.91 Å². The van der Waals surface area contributed by atoms with Crippen LogP contribution in [0.3, 0.4) is 0 Å². The Bertz CT molecular complexity index is 976. The molecule has 1 heterocycles. The van der Waals surface area contributed by atoms with Gasteiger partial charge >= 0.3 is 6.18 Å². The first-order chi connectivity index (χ1) is 12.6. The first-order valence-corrected chi connectivity index (χ1v) is 8.37. The van der Waals surface area contributed by atoms with Crippen molar-refractivity contribution in [2.45, 2.75) is 13.1 Å². The normalized spacial score (nSPS) is 11.5. The lowest BCUT2D eigenvalue weighted by molar-refractivity contribution is -0.137. The van der Waals surface area contributed by atoms with Crippen LogP contribution in [-0.4, -0.2) is 10.9 Å². The summed E-state index contributed by atoms with van der Waals surface area (Å²) in [7, 11) is 0. The third-order valence-corrected chi connectivity index (χ3v) is 4.79. The zero-order chi connectivity index (χ0) is 19.8. The van der Waals surface area contributed by atoms with Crippen molar-refractivity contribution >= 4 is 22.9 Å². The van der Waals surface area contributed by atoms with Gasteiger partial charge in [-0.2, -0.15) is 13.2 Å². The van der Waals surface area contributed by atoms with Crippen LogP contribution in [-0.2, 0) is 6.18 Å². The lowest BCUT2D eigenvalue weighted by atomic mass is 10.1. The molecule has 3 aromatic rings. The summed E-state index contributed by atoms with van der Waals surface area (Å²) in [5.74, 6) is -2.29. The predicted molar refractivity (Wildman–Crippen MR) is 91.6 cm³/mol. The van der Waals surface area contributed by atoms with E-state index < -0.39 is 29.3 Å². The van der Waals surface area contributed by atoms with Crippen molar-refractivity contribution in [3.8, 4) is 10.6 Å². The van der Waals surface area contributed by atoms with Gasteiger partial charge in [-0.15, -0.1) is 11.3 Å². The van der Waals surface area contributed by atoms with E-state index in [1.807, 2.05) is 0 Å². The van der Waals surface area contributed by atoms with Gasteiger partial charge in [0, 0.05) is 17.3 Å². The van der Waals surface area contributed by atoms with Crippen molar-refractivity contribution < 1.29 is 26.7 Å². The van der Waals surface area contributed by atoms with E-state index >= 15 is 0 Å². The fraction of sp³-hybridized carbons (Fsp3) is 0.111. The molecular formula is C18H11F5N2OS. The van der Waals surface area contributed by atoms with Gasteiger partial charge in [-0.3, -0.25) is 4.79 Å². The summed E-state index contributed by atoms with van der Waals surface area (Å²) in [5.41, 5.74) is -0.0665. The molecule has 0 saturated heterocycles. The molecular weight excluding hydrogens is 387 g/mol. The predicted octanol–water partition coefficient (Wildman–Crippen LogP) is 5.67. The van der Waals surface area contributed by atoms with Crippen molar-refractivity contribution in [1.29, 1.82) is 0 Å². The molecule has 0 aliphatic heterocycles. The maximum Gasteiger partial charge on any atom is 0.416 e. The zero-order valence-corrected chi connectivity index (χ0v) is 14.5. The van der Waals surface area contributed by atoms with E-state index in [9.17, 15) is 26.7 Å². The second-order valence-electron chi connectivity index (χ2n) is 5.62. The number of carbonyl (C=O) groups is 1. The smallest absolute Gasteiger partial charge is 0.321 e. The quantitative estimate of drug-likeness (QED) is 0.578. The first-order valence-electron chi connectivity index (χ1n) is 7.56. The topological polar surface area (TPSA) is 42.0 Å². The summed E-state index contributed by atoms with van der Waals surface area (Å²) in [5, 5.41) is 2.74. The van der Waals surface area contributed by atoms with E-state index in [0.717, 1.165) is 35.6 Å². The second-order valence-corrected chi connectivity index (χ2v) is 6.62. The summed E-state index contributed by atoms with van der Waals surface area (Å²) >= 11 is 0.970. The summed E-state index contributed by atoms with van der Waals surface area (Å²) in [6.45, 7) is 1.56. The maximum atomic E-state index is 13.2. The van der Waals surface area contributed by atoms with E-state index in [1.165, 1.54) is 12.1 Å². The minimum Gasteiger partial charge on any atom is -0.321 e. The number of hydrogen-bond acceptors (Lipinski definition) is 3. The maximum absolute atomic E-state index is 13.2. The number of amides is 1. The minimum absolute atomic E-state index is 0.0543. The summed E-state index contributed by atoms with van der Waals surface area (Å²) < 4.78 is 64.4. The Labute approximate surface area is 154 Å². The van der Waals surface area contributed by atoms with Crippen LogP contribution in [0.4, 0.5) is 27.6 Å². The molecule has 0 unspecified atom stereocenters. The van der Waals surface area contributed by atoms with Crippen LogP contribution in [0, 0.1) is 18.6 Å². The van der Waals surface area contributed by atoms with Gasteiger partial charge in [-0.25, -0.2) is 13.8 Å². The molecule has 0 aliphatic carbocycles. The molecule has 0 bridgehead atoms. The van der Waals surface area contributed by atoms with E-state index in [0.29, 0.717) is 22.3 Å². The number of rotatable bonds is 3. The number of nitrogens with zero attached hydrogens (tertiary/aromatic N) is 1. The van der Waals surface area contributed by atoms with Gasteiger partial charge < -0.3 is 5.32 Å². The lowest BCUT2D eigenvalue weighted by Crippen LogP contribution is -2.11. The van der Waals surface area contributed by atoms with Crippen LogP contribution in [0.25, 0.3) is 10.6 Å². The van der Waals surface area contributed by atoms with Crippen molar-refractivity contribution in [2.24, 2.45) is 0 Å². The van der Waals surface area contributed by atoms with Crippen LogP contribution in [0.5, 0.6) is 0 Å². The van der Waals surface area contributed by atoms with E-state index in [-0.39, 0.29) is 10.6 Å². The minimum atomic E-state index is -4.44. The molecule has 3 rings (SSSR count). The summed E-state index contributed by atoms with van der Waals surface area (Å²) in [6.07, 6.45) is -4.44. The average molecular weight is 398 g/mol. The number of alkyl halides is 3. The Kier molecular flexibility index (Phi) is 4.97. The molecule has 0 aliphatic rings. The molecule has 0 spiro atoms. The molecule has 0 fully saturated rings. The standard InChI is InChI=1S/C18H11F5N2OS/c1-9-15(16(26)25-14-7-12(19)6-13(20)8-14)27-17(24-9)10-2-4-11(5-3-10)18(21,22)23/h2-8H,1H3,(H,25,26). The Morgan fingerprint density at radius 3 is 2.19 bits per heavy atom. The molecule has 9 heteroatoms. The highest BCUT2D eigenvalue weighted by molar-refractivity contribution is 7.17. The third kappa shape index (κ3) is 4.30. The van der Waals surface area contributed by atoms with Gasteiger partial charge in [0.1, 0.15) is 21.5 Å². The number of nitrogens with one attached hydrogen (secondary N) is 1. The van der Waals surface area contributed by atoms with Crippen LogP contribution in [0.2, 0.25) is 0 Å². The Morgan fingerprint density at radius 1 is 1.04 bits per heavy atom. The monoisotopic (exact) mass is 398 g/mol. The molecule has 1 N–H and O–H groups in total. The number of halogens is 5. The summed E-state index contributed by atoms with van der Waals surface area (Å²) in [4.78, 5) is 16.7. The first kappa shape index (κ1) is 19.0. The molecule has 1 aromatic heterocycles. The molecule has 0 atom stereocenters. The third-order valence-electron chi connectivity index (χ3n) is 3.58. The number of carbonyl (C=O) groups excluding carboxylic acids is 1. The highest BCUT2D eigenvalue weighted by atomic mass is 32.1. The number of aryl methyl sites for hydroxylation is 1. The van der Waals surface area contributed by atoms with Crippen LogP contribution >= 0.6 is 11.3 Å². The van der Waals surface area contributed by atoms with Gasteiger partial charge in [0.15, 0.2) is 0 Å². The molecule has 0 radical (unpaired) electrons. The SMILES string of the molecule is Cc1nc(-c2ccc(C(F)(F)F)cc2)sc1C(=O)Nc1cc(F)cc(F)c1. The Hall–Kier alpha value is -2.81. The highest BCUT2D eigenvalue weighted by Gasteiger charge is 2.30. The van der Waals surface area contributed by atoms with E-state index in [1.54, 1.807) is 6.92 Å². The number of hydrogen-bond donors (Lipinski definition) is 1. The van der Waals surface area contributed by atoms with Crippen LogP contribution < -0.4 is 5.32 Å². The molecule has 0 saturated carbocycles. The summed E-state index contributed by atoms with van der Waals surface area (Å²) in [6, 6.07) is 7.01. The van der Waals surface area contributed by atoms with E-state index in [4.69, 9.17) is 0 Å². The Balaban J connectivity index is 1.84. The zero-order valence-electron chi connectivity index (χ0n) is 13.7. The fourth-order valence-corrected chi connectivity index (χ4v) is 3.31. The van der Waals surface area contributed by atoms with Crippen LogP contribution in [0.1, 0.15) is 20.9 Å². The second kappa shape index (κ2) is 7.07. The van der Waals surface area contributed by atoms with Crippen LogP contribution in [0.15, 0.2) is 42.5 Å². The molecule has 3 nitrogen and oxygen atoms in total. The van der Waals surface area contributed by atoms with E-state index in [2.05, 4.69) is 10.3 Å². The highest BCUT2D eigenvalue weighted by Crippen LogP contribution is 2.33. The number of thiazole rings is 1. The molecule has 27 heavy (non-hydrogen) atoms. The molecule has 140 valence electrons. The van der Waals surface area contributed by atoms with Gasteiger partial charge in [-0.1, -0.05) is 12.1 Å². The van der Waals surface area contributed by atoms with Crippen molar-refractivity contribution in [1.82, 2.24) is 4.98 Å². The van der Waals surface area contributed by atoms with Crippen molar-refractivity contribution in [2.75, 3.05) is 5.32 Å². The van der Waals surface area contributed by atoms with Crippen molar-refractivity contribution in [3.63, 3.8) is 0 Å². The number of benzene rings is 2. The number of aromatic nitrogens is 1. The largest absolute Gasteiger partial charge is 0.416 e. The molecule has 1 amide bonds. The van der Waals surface area contributed by atoms with Gasteiger partial charge in [-0.05, 0) is 31.2 Å². The van der Waals surface area contributed by atoms with Crippen molar-refractivity contribution in [3.05, 3.63) is 70.2 Å². The fourth-order valence-electron chi connectivity index (χ4n) is 2.35. The van der Waals surface area contributed by atoms with Gasteiger partial charge in [0.2, 0.25) is 0 Å². The average Bonchev–Trinajstić information content (AvgIpc) is 2.95.